The molecule has 2 heterocycles. The Labute approximate surface area is 150 Å². The van der Waals surface area contributed by atoms with E-state index < -0.39 is 37.2 Å². The van der Waals surface area contributed by atoms with E-state index in [0.29, 0.717) is 25.2 Å². The van der Waals surface area contributed by atoms with Crippen molar-refractivity contribution in [3.63, 3.8) is 0 Å². The second kappa shape index (κ2) is 6.98. The van der Waals surface area contributed by atoms with Gasteiger partial charge in [0.05, 0.1) is 18.1 Å². The third kappa shape index (κ3) is 4.53. The van der Waals surface area contributed by atoms with Gasteiger partial charge in [-0.3, -0.25) is 9.78 Å². The van der Waals surface area contributed by atoms with Gasteiger partial charge >= 0.3 is 6.09 Å². The minimum Gasteiger partial charge on any atom is -0.444 e. The van der Waals surface area contributed by atoms with Crippen LogP contribution in [0.3, 0.4) is 0 Å². The summed E-state index contributed by atoms with van der Waals surface area (Å²) in [5.74, 6) is -1.26. The molecule has 2 rings (SSSR count). The highest BCUT2D eigenvalue weighted by Gasteiger charge is 2.24. The molecule has 1 aromatic heterocycles. The zero-order valence-corrected chi connectivity index (χ0v) is 13.9. The number of aromatic nitrogens is 2. The molecule has 1 aliphatic rings. The van der Waals surface area contributed by atoms with Crippen LogP contribution in [-0.2, 0) is 4.74 Å². The van der Waals surface area contributed by atoms with E-state index in [1.165, 1.54) is 6.20 Å². The van der Waals surface area contributed by atoms with Crippen LogP contribution >= 0.6 is 0 Å². The van der Waals surface area contributed by atoms with E-state index in [1.54, 1.807) is 31.7 Å². The first kappa shape index (κ1) is 11.2. The minimum absolute atomic E-state index is 0.164. The van der Waals surface area contributed by atoms with Crippen LogP contribution in [0.25, 0.3) is 5.57 Å². The van der Waals surface area contributed by atoms with E-state index in [1.807, 2.05) is 0 Å². The molecule has 2 amide bonds. The van der Waals surface area contributed by atoms with Gasteiger partial charge in [-0.15, -0.1) is 0 Å². The molecule has 7 heteroatoms. The van der Waals surface area contributed by atoms with Crippen LogP contribution in [0.1, 0.15) is 51.6 Å². The number of rotatable bonds is 2. The summed E-state index contributed by atoms with van der Waals surface area (Å²) in [6.07, 6.45) is 4.18. The van der Waals surface area contributed by atoms with Crippen molar-refractivity contribution < 1.29 is 22.6 Å². The van der Waals surface area contributed by atoms with Gasteiger partial charge in [-0.05, 0) is 32.8 Å². The third-order valence-corrected chi connectivity index (χ3v) is 3.26. The Morgan fingerprint density at radius 1 is 1.29 bits per heavy atom. The van der Waals surface area contributed by atoms with Crippen LogP contribution < -0.4 is 0 Å². The van der Waals surface area contributed by atoms with Crippen LogP contribution in [0, 0.1) is 0 Å². The predicted octanol–water partition coefficient (Wildman–Crippen LogP) is 2.20. The van der Waals surface area contributed by atoms with Gasteiger partial charge in [-0.2, -0.15) is 0 Å². The largest absolute Gasteiger partial charge is 0.444 e. The molecule has 0 saturated heterocycles. The van der Waals surface area contributed by atoms with Crippen molar-refractivity contribution in [2.45, 2.75) is 32.8 Å². The standard InChI is InChI=1S/C17H24N4O3/c1-17(2,3)24-16(23)21-8-6-12(7-9-21)13-10-19-14(11-18-13)15(22)20(4)5/h6,10-11H,7-9H2,1-5H3/i4D3,5D3. The zero-order valence-electron chi connectivity index (χ0n) is 19.9. The van der Waals surface area contributed by atoms with Gasteiger partial charge in [0.1, 0.15) is 11.3 Å². The van der Waals surface area contributed by atoms with Crippen molar-refractivity contribution in [1.82, 2.24) is 19.8 Å². The van der Waals surface area contributed by atoms with Crippen molar-refractivity contribution in [2.75, 3.05) is 27.0 Å². The van der Waals surface area contributed by atoms with E-state index in [2.05, 4.69) is 9.97 Å². The highest BCUT2D eigenvalue weighted by atomic mass is 16.6. The first-order valence-corrected chi connectivity index (χ1v) is 7.43. The van der Waals surface area contributed by atoms with E-state index in [0.717, 1.165) is 11.8 Å². The molecule has 0 fully saturated rings. The lowest BCUT2D eigenvalue weighted by Gasteiger charge is -2.29. The molecule has 7 nitrogen and oxygen atoms in total. The predicted molar refractivity (Wildman–Crippen MR) is 90.5 cm³/mol. The first-order chi connectivity index (χ1) is 13.6. The van der Waals surface area contributed by atoms with E-state index in [9.17, 15) is 9.59 Å². The quantitative estimate of drug-likeness (QED) is 0.826. The van der Waals surface area contributed by atoms with Crippen LogP contribution in [0.4, 0.5) is 4.79 Å². The summed E-state index contributed by atoms with van der Waals surface area (Å²) in [5.41, 5.74) is 0.263. The van der Waals surface area contributed by atoms with Crippen molar-refractivity contribution in [1.29, 1.82) is 0 Å². The zero-order chi connectivity index (χ0) is 22.9. The number of carbonyl (C=O) groups is 2. The Morgan fingerprint density at radius 3 is 2.54 bits per heavy atom. The molecule has 0 radical (unpaired) electrons. The maximum atomic E-state index is 12.4. The fourth-order valence-corrected chi connectivity index (χ4v) is 2.11. The molecular formula is C17H24N4O3. The van der Waals surface area contributed by atoms with Crippen LogP contribution in [0.5, 0.6) is 0 Å². The van der Waals surface area contributed by atoms with Crippen LogP contribution in [0.15, 0.2) is 18.5 Å². The van der Waals surface area contributed by atoms with Crippen molar-refractivity contribution >= 4 is 17.6 Å². The normalized spacial score (nSPS) is 19.6. The SMILES string of the molecule is [2H]C([2H])([2H])N(C(=O)c1cnc(C2=CCN(C(=O)OC(C)(C)C)CC2)cn1)C([2H])([2H])[2H]. The van der Waals surface area contributed by atoms with E-state index >= 15 is 0 Å². The molecule has 0 unspecified atom stereocenters. The van der Waals surface area contributed by atoms with Crippen molar-refractivity contribution in [3.05, 3.63) is 29.9 Å². The minimum atomic E-state index is -3.15. The number of nitrogens with zero attached hydrogens (tertiary/aromatic N) is 4. The summed E-state index contributed by atoms with van der Waals surface area (Å²) in [5, 5.41) is 0. The van der Waals surface area contributed by atoms with E-state index in [4.69, 9.17) is 13.0 Å². The second-order valence-corrected chi connectivity index (χ2v) is 6.33. The fraction of sp³-hybridized carbons (Fsp3) is 0.529. The molecular weight excluding hydrogens is 308 g/mol. The maximum Gasteiger partial charge on any atom is 0.410 e. The molecule has 0 bridgehead atoms. The second-order valence-electron chi connectivity index (χ2n) is 6.33. The lowest BCUT2D eigenvalue weighted by molar-refractivity contribution is 0.0270. The Morgan fingerprint density at radius 2 is 2.04 bits per heavy atom. The molecule has 0 spiro atoms. The van der Waals surface area contributed by atoms with Crippen LogP contribution in [0.2, 0.25) is 0 Å². The summed E-state index contributed by atoms with van der Waals surface area (Å²) < 4.78 is 49.2. The highest BCUT2D eigenvalue weighted by Crippen LogP contribution is 2.21. The van der Waals surface area contributed by atoms with Gasteiger partial charge < -0.3 is 14.5 Å². The summed E-state index contributed by atoms with van der Waals surface area (Å²) in [6, 6.07) is 0. The molecule has 0 aromatic carbocycles. The lowest BCUT2D eigenvalue weighted by atomic mass is 10.1. The molecule has 0 N–H and O–H groups in total. The first-order valence-electron chi connectivity index (χ1n) is 10.4. The Hall–Kier alpha value is -2.44. The number of hydrogen-bond acceptors (Lipinski definition) is 5. The molecule has 1 aliphatic heterocycles. The molecule has 0 aliphatic carbocycles. The molecule has 1 aromatic rings. The number of amides is 2. The van der Waals surface area contributed by atoms with Gasteiger partial charge in [0.2, 0.25) is 0 Å². The summed E-state index contributed by atoms with van der Waals surface area (Å²) in [4.78, 5) is 33.9. The molecule has 0 atom stereocenters. The smallest absolute Gasteiger partial charge is 0.410 e. The Balaban J connectivity index is 2.13. The van der Waals surface area contributed by atoms with Crippen molar-refractivity contribution in [2.24, 2.45) is 0 Å². The average molecular weight is 338 g/mol. The summed E-state index contributed by atoms with van der Waals surface area (Å²) >= 11 is 0. The summed E-state index contributed by atoms with van der Waals surface area (Å²) in [7, 11) is 0. The molecule has 0 saturated carbocycles. The Bertz CT molecular complexity index is 814. The Kier molecular flexibility index (Phi) is 3.25. The fourth-order valence-electron chi connectivity index (χ4n) is 2.11. The van der Waals surface area contributed by atoms with Gasteiger partial charge in [-0.25, -0.2) is 9.78 Å². The molecule has 130 valence electrons. The number of carbonyl (C=O) groups excluding carboxylic acids is 2. The van der Waals surface area contributed by atoms with Gasteiger partial charge in [-0.1, -0.05) is 6.08 Å². The lowest BCUT2D eigenvalue weighted by Crippen LogP contribution is -2.39. The molecule has 24 heavy (non-hydrogen) atoms. The summed E-state index contributed by atoms with van der Waals surface area (Å²) in [6.45, 7) is -0.219. The maximum absolute atomic E-state index is 12.4. The van der Waals surface area contributed by atoms with Gasteiger partial charge in [0.25, 0.3) is 5.91 Å². The highest BCUT2D eigenvalue weighted by molar-refractivity contribution is 5.91. The number of ether oxygens (including phenoxy) is 1. The third-order valence-electron chi connectivity index (χ3n) is 3.26. The monoisotopic (exact) mass is 338 g/mol. The van der Waals surface area contributed by atoms with Crippen molar-refractivity contribution in [3.8, 4) is 0 Å². The van der Waals surface area contributed by atoms with Gasteiger partial charge in [0, 0.05) is 35.3 Å². The van der Waals surface area contributed by atoms with Crippen LogP contribution in [-0.4, -0.2) is 64.4 Å². The van der Waals surface area contributed by atoms with Gasteiger partial charge in [0.15, 0.2) is 0 Å². The topological polar surface area (TPSA) is 75.6 Å². The average Bonchev–Trinajstić information content (AvgIpc) is 2.58. The number of hydrogen-bond donors (Lipinski definition) is 0. The van der Waals surface area contributed by atoms with E-state index in [-0.39, 0.29) is 4.90 Å².